The lowest BCUT2D eigenvalue weighted by Gasteiger charge is -2.17. The van der Waals surface area contributed by atoms with Crippen LogP contribution in [0.25, 0.3) is 0 Å². The van der Waals surface area contributed by atoms with Crippen molar-refractivity contribution in [3.8, 4) is 5.75 Å². The Kier molecular flexibility index (Phi) is 6.68. The third-order valence-corrected chi connectivity index (χ3v) is 3.98. The number of methoxy groups -OCH3 is 2. The van der Waals surface area contributed by atoms with Crippen molar-refractivity contribution in [1.29, 1.82) is 0 Å². The minimum atomic E-state index is -1.39. The molecule has 0 bridgehead atoms. The van der Waals surface area contributed by atoms with Crippen LogP contribution in [0, 0.1) is 17.5 Å². The van der Waals surface area contributed by atoms with Crippen LogP contribution in [0.3, 0.4) is 0 Å². The molecule has 2 rings (SSSR count). The normalized spacial score (nSPS) is 11.6. The molecular formula is C18H15ClF3NO4. The van der Waals surface area contributed by atoms with Crippen molar-refractivity contribution >= 4 is 23.5 Å². The molecule has 0 aliphatic rings. The monoisotopic (exact) mass is 401 g/mol. The molecule has 0 fully saturated rings. The Morgan fingerprint density at radius 3 is 2.26 bits per heavy atom. The van der Waals surface area contributed by atoms with Gasteiger partial charge in [-0.1, -0.05) is 17.7 Å². The van der Waals surface area contributed by atoms with Crippen LogP contribution in [0.2, 0.25) is 5.02 Å². The largest absolute Gasteiger partial charge is 0.495 e. The molecule has 0 saturated carbocycles. The molecule has 2 aromatic carbocycles. The fourth-order valence-corrected chi connectivity index (χ4v) is 2.68. The number of carbonyl (C=O) groups is 2. The standard InChI is InChI=1S/C18H15ClF3NO4/c1-26-15-4-3-9(5-11(15)19)6-14(18(25)27-2)23-17(24)16-12(21)7-10(20)8-13(16)22/h3-5,7-8,14H,6H2,1-2H3,(H,23,24)/t14-/m1/s1. The second-order valence-electron chi connectivity index (χ2n) is 5.47. The van der Waals surface area contributed by atoms with Crippen molar-refractivity contribution in [3.63, 3.8) is 0 Å². The van der Waals surface area contributed by atoms with E-state index in [2.05, 4.69) is 10.1 Å². The number of nitrogens with one attached hydrogen (secondary N) is 1. The van der Waals surface area contributed by atoms with Gasteiger partial charge in [-0.15, -0.1) is 0 Å². The highest BCUT2D eigenvalue weighted by Gasteiger charge is 2.26. The van der Waals surface area contributed by atoms with Gasteiger partial charge in [0.05, 0.1) is 19.2 Å². The van der Waals surface area contributed by atoms with Gasteiger partial charge in [-0.05, 0) is 17.7 Å². The van der Waals surface area contributed by atoms with Gasteiger partial charge in [0.15, 0.2) is 0 Å². The minimum absolute atomic E-state index is 0.0629. The maximum absolute atomic E-state index is 13.8. The average molecular weight is 402 g/mol. The molecule has 0 aliphatic carbocycles. The summed E-state index contributed by atoms with van der Waals surface area (Å²) in [7, 11) is 2.53. The lowest BCUT2D eigenvalue weighted by Crippen LogP contribution is -2.43. The van der Waals surface area contributed by atoms with E-state index in [-0.39, 0.29) is 11.4 Å². The van der Waals surface area contributed by atoms with Crippen LogP contribution in [0.15, 0.2) is 30.3 Å². The van der Waals surface area contributed by atoms with Crippen molar-refractivity contribution in [2.45, 2.75) is 12.5 Å². The molecule has 0 aliphatic heterocycles. The van der Waals surface area contributed by atoms with E-state index in [1.54, 1.807) is 12.1 Å². The lowest BCUT2D eigenvalue weighted by atomic mass is 10.0. The van der Waals surface area contributed by atoms with Crippen LogP contribution in [0.1, 0.15) is 15.9 Å². The van der Waals surface area contributed by atoms with E-state index < -0.39 is 40.9 Å². The molecule has 5 nitrogen and oxygen atoms in total. The zero-order valence-corrected chi connectivity index (χ0v) is 15.1. The third kappa shape index (κ3) is 4.91. The number of benzene rings is 2. The molecule has 1 amide bonds. The Balaban J connectivity index is 2.26. The van der Waals surface area contributed by atoms with E-state index in [4.69, 9.17) is 16.3 Å². The minimum Gasteiger partial charge on any atom is -0.495 e. The van der Waals surface area contributed by atoms with E-state index in [0.717, 1.165) is 7.11 Å². The smallest absolute Gasteiger partial charge is 0.328 e. The first-order valence-electron chi connectivity index (χ1n) is 7.62. The predicted octanol–water partition coefficient (Wildman–Crippen LogP) is 3.28. The average Bonchev–Trinajstić information content (AvgIpc) is 2.59. The molecule has 0 unspecified atom stereocenters. The SMILES string of the molecule is COC(=O)[C@@H](Cc1ccc(OC)c(Cl)c1)NC(=O)c1c(F)cc(F)cc1F. The molecule has 27 heavy (non-hydrogen) atoms. The highest BCUT2D eigenvalue weighted by molar-refractivity contribution is 6.32. The van der Waals surface area contributed by atoms with E-state index in [0.29, 0.717) is 23.4 Å². The van der Waals surface area contributed by atoms with Gasteiger partial charge in [0.25, 0.3) is 5.91 Å². The first-order chi connectivity index (χ1) is 12.8. The van der Waals surface area contributed by atoms with E-state index in [1.165, 1.54) is 13.2 Å². The van der Waals surface area contributed by atoms with Crippen LogP contribution >= 0.6 is 11.6 Å². The van der Waals surface area contributed by atoms with E-state index in [1.807, 2.05) is 0 Å². The Morgan fingerprint density at radius 1 is 1.11 bits per heavy atom. The maximum Gasteiger partial charge on any atom is 0.328 e. The number of ether oxygens (including phenoxy) is 2. The second-order valence-corrected chi connectivity index (χ2v) is 5.87. The van der Waals surface area contributed by atoms with Crippen LogP contribution < -0.4 is 10.1 Å². The van der Waals surface area contributed by atoms with Crippen LogP contribution in [-0.2, 0) is 16.0 Å². The predicted molar refractivity (Wildman–Crippen MR) is 91.3 cm³/mol. The summed E-state index contributed by atoms with van der Waals surface area (Å²) in [6.07, 6.45) is -0.0629. The van der Waals surface area contributed by atoms with E-state index >= 15 is 0 Å². The number of halogens is 4. The van der Waals surface area contributed by atoms with Crippen LogP contribution in [-0.4, -0.2) is 32.1 Å². The molecule has 1 atom stereocenters. The summed E-state index contributed by atoms with van der Waals surface area (Å²) >= 11 is 6.02. The second kappa shape index (κ2) is 8.77. The van der Waals surface area contributed by atoms with Crippen molar-refractivity contribution in [1.82, 2.24) is 5.32 Å². The maximum atomic E-state index is 13.8. The van der Waals surface area contributed by atoms with Crippen LogP contribution in [0.5, 0.6) is 5.75 Å². The van der Waals surface area contributed by atoms with Crippen molar-refractivity contribution in [2.24, 2.45) is 0 Å². The zero-order valence-electron chi connectivity index (χ0n) is 14.3. The third-order valence-electron chi connectivity index (χ3n) is 3.68. The topological polar surface area (TPSA) is 64.6 Å². The fourth-order valence-electron chi connectivity index (χ4n) is 2.40. The Bertz CT molecular complexity index is 853. The van der Waals surface area contributed by atoms with Gasteiger partial charge >= 0.3 is 5.97 Å². The molecule has 2 aromatic rings. The number of rotatable bonds is 6. The fraction of sp³-hybridized carbons (Fsp3) is 0.222. The molecule has 9 heteroatoms. The molecule has 0 heterocycles. The summed E-state index contributed by atoms with van der Waals surface area (Å²) in [5.74, 6) is -5.59. The number of hydrogen-bond acceptors (Lipinski definition) is 4. The number of hydrogen-bond donors (Lipinski definition) is 1. The summed E-state index contributed by atoms with van der Waals surface area (Å²) in [6.45, 7) is 0. The van der Waals surface area contributed by atoms with Crippen molar-refractivity contribution in [2.75, 3.05) is 14.2 Å². The molecule has 0 radical (unpaired) electrons. The first-order valence-corrected chi connectivity index (χ1v) is 8.00. The molecule has 0 saturated heterocycles. The van der Waals surface area contributed by atoms with Gasteiger partial charge in [-0.2, -0.15) is 0 Å². The van der Waals surface area contributed by atoms with Gasteiger partial charge in [-0.3, -0.25) is 4.79 Å². The van der Waals surface area contributed by atoms with Gasteiger partial charge in [0.1, 0.15) is 34.8 Å². The van der Waals surface area contributed by atoms with Crippen LogP contribution in [0.4, 0.5) is 13.2 Å². The van der Waals surface area contributed by atoms with Gasteiger partial charge in [-0.25, -0.2) is 18.0 Å². The number of carbonyl (C=O) groups excluding carboxylic acids is 2. The Hall–Kier alpha value is -2.74. The molecule has 144 valence electrons. The summed E-state index contributed by atoms with van der Waals surface area (Å²) < 4.78 is 50.2. The van der Waals surface area contributed by atoms with Crippen molar-refractivity contribution in [3.05, 3.63) is 63.9 Å². The summed E-state index contributed by atoms with van der Waals surface area (Å²) in [6, 6.07) is 4.17. The number of amides is 1. The van der Waals surface area contributed by atoms with Gasteiger partial charge < -0.3 is 14.8 Å². The van der Waals surface area contributed by atoms with Crippen molar-refractivity contribution < 1.29 is 32.2 Å². The number of esters is 1. The summed E-state index contributed by atoms with van der Waals surface area (Å²) in [5.41, 5.74) is -0.463. The quantitative estimate of drug-likeness (QED) is 0.754. The Morgan fingerprint density at radius 2 is 1.74 bits per heavy atom. The van der Waals surface area contributed by atoms with E-state index in [9.17, 15) is 22.8 Å². The summed E-state index contributed by atoms with van der Waals surface area (Å²) in [4.78, 5) is 24.2. The zero-order chi connectivity index (χ0) is 20.1. The lowest BCUT2D eigenvalue weighted by molar-refractivity contribution is -0.142. The highest BCUT2D eigenvalue weighted by atomic mass is 35.5. The van der Waals surface area contributed by atoms with Gasteiger partial charge in [0.2, 0.25) is 0 Å². The Labute approximate surface area is 158 Å². The van der Waals surface area contributed by atoms with Gasteiger partial charge in [0, 0.05) is 18.6 Å². The molecular weight excluding hydrogens is 387 g/mol. The molecule has 0 aromatic heterocycles. The molecule has 1 N–H and O–H groups in total. The highest BCUT2D eigenvalue weighted by Crippen LogP contribution is 2.25. The summed E-state index contributed by atoms with van der Waals surface area (Å²) in [5, 5.41) is 2.47. The first kappa shape index (κ1) is 20.6. The molecule has 0 spiro atoms.